The molecule has 0 bridgehead atoms. The molecule has 3 aromatic carbocycles. The maximum absolute atomic E-state index is 12.2. The molecule has 210 valence electrons. The van der Waals surface area contributed by atoms with Crippen LogP contribution in [0.3, 0.4) is 0 Å². The van der Waals surface area contributed by atoms with Crippen molar-refractivity contribution in [3.63, 3.8) is 0 Å². The lowest BCUT2D eigenvalue weighted by atomic mass is 10.1. The number of nitrogens with zero attached hydrogens (tertiary/aromatic N) is 2. The summed E-state index contributed by atoms with van der Waals surface area (Å²) in [4.78, 5) is 14.6. The summed E-state index contributed by atoms with van der Waals surface area (Å²) >= 11 is 1.72. The number of sulfone groups is 1. The van der Waals surface area contributed by atoms with Crippen molar-refractivity contribution in [2.24, 2.45) is 0 Å². The van der Waals surface area contributed by atoms with Gasteiger partial charge in [0.25, 0.3) is 5.56 Å². The summed E-state index contributed by atoms with van der Waals surface area (Å²) in [7, 11) is -3.28. The second-order valence-electron chi connectivity index (χ2n) is 9.89. The minimum absolute atomic E-state index is 0.136. The van der Waals surface area contributed by atoms with Crippen LogP contribution in [0.5, 0.6) is 0 Å². The monoisotopic (exact) mass is 590 g/mol. The highest BCUT2D eigenvalue weighted by Crippen LogP contribution is 2.29. The number of pyridine rings is 1. The zero-order chi connectivity index (χ0) is 29.7. The molecule has 3 heterocycles. The second kappa shape index (κ2) is 12.4. The van der Waals surface area contributed by atoms with Gasteiger partial charge in [-0.05, 0) is 100 Å². The number of para-hydroxylation sites is 1. The normalized spacial score (nSPS) is 12.9. The van der Waals surface area contributed by atoms with Gasteiger partial charge in [0.1, 0.15) is 0 Å². The first-order valence-electron chi connectivity index (χ1n) is 13.2. The minimum Gasteiger partial charge on any atom is -0.317 e. The van der Waals surface area contributed by atoms with Gasteiger partial charge in [-0.15, -0.1) is 0 Å². The van der Waals surface area contributed by atoms with Crippen molar-refractivity contribution < 1.29 is 8.42 Å². The van der Waals surface area contributed by atoms with E-state index in [9.17, 15) is 13.2 Å². The lowest BCUT2D eigenvalue weighted by molar-refractivity contribution is 0.602. The topological polar surface area (TPSA) is 59.4 Å². The van der Waals surface area contributed by atoms with Crippen LogP contribution in [0.2, 0.25) is 0 Å². The molecule has 5 aromatic rings. The van der Waals surface area contributed by atoms with Crippen LogP contribution in [-0.4, -0.2) is 19.2 Å². The van der Waals surface area contributed by atoms with Crippen molar-refractivity contribution in [1.82, 2.24) is 4.57 Å². The molecule has 2 aromatic heterocycles. The fraction of sp³-hybridized carbons (Fsp3) is 0.0571. The highest BCUT2D eigenvalue weighted by Gasteiger charge is 2.12. The number of aryl methyl sites for hydroxylation is 1. The van der Waals surface area contributed by atoms with Gasteiger partial charge in [-0.25, -0.2) is 8.42 Å². The highest BCUT2D eigenvalue weighted by molar-refractivity contribution is 7.90. The van der Waals surface area contributed by atoms with E-state index in [1.165, 1.54) is 23.5 Å². The molecule has 0 saturated carbocycles. The largest absolute Gasteiger partial charge is 0.317 e. The fourth-order valence-corrected chi connectivity index (χ4v) is 5.84. The number of hydrogen-bond acceptors (Lipinski definition) is 5. The summed E-state index contributed by atoms with van der Waals surface area (Å²) in [5.41, 5.74) is 7.83. The first-order chi connectivity index (χ1) is 20.2. The molecular weight excluding hydrogens is 561 g/mol. The van der Waals surface area contributed by atoms with E-state index in [4.69, 9.17) is 0 Å². The molecule has 0 atom stereocenters. The lowest BCUT2D eigenvalue weighted by Crippen LogP contribution is -2.16. The average molecular weight is 591 g/mol. The Balaban J connectivity index is 0.000000175. The van der Waals surface area contributed by atoms with Crippen LogP contribution in [-0.2, 0) is 9.84 Å². The van der Waals surface area contributed by atoms with Gasteiger partial charge in [0.15, 0.2) is 9.84 Å². The molecule has 6 rings (SSSR count). The Morgan fingerprint density at radius 3 is 2.24 bits per heavy atom. The molecule has 0 saturated heterocycles. The zero-order valence-corrected chi connectivity index (χ0v) is 25.0. The number of hydrogen-bond donors (Lipinski definition) is 0. The standard InChI is InChI=1S/C19H17NO3S.C16H13NS/c1-14-5-3-7-17(11-14)20-13-16(9-10-19(20)21)15-6-4-8-18(12-15)24(2,22)23;1-13-7-8-14(15-9-10-18-12-15)11-17(13)16-5-3-2-4-6-16/h3-13H,1-2H3;2-12H,1H2. The van der Waals surface area contributed by atoms with E-state index in [1.807, 2.05) is 55.5 Å². The summed E-state index contributed by atoms with van der Waals surface area (Å²) in [6.45, 7) is 6.05. The molecule has 0 spiro atoms. The predicted molar refractivity (Wildman–Crippen MR) is 175 cm³/mol. The molecule has 0 N–H and O–H groups in total. The van der Waals surface area contributed by atoms with Crippen LogP contribution in [0.15, 0.2) is 154 Å². The SMILES string of the molecule is C=C1C=CC(c2ccsc2)=CN1c1ccccc1.Cc1cccc(-n2cc(-c3cccc(S(C)(=O)=O)c3)ccc2=O)c1. The van der Waals surface area contributed by atoms with Gasteiger partial charge in [-0.3, -0.25) is 9.36 Å². The molecule has 5 nitrogen and oxygen atoms in total. The lowest BCUT2D eigenvalue weighted by Gasteiger charge is -2.25. The van der Waals surface area contributed by atoms with Crippen LogP contribution in [0.25, 0.3) is 22.4 Å². The third kappa shape index (κ3) is 6.77. The van der Waals surface area contributed by atoms with Gasteiger partial charge < -0.3 is 4.90 Å². The minimum atomic E-state index is -3.28. The van der Waals surface area contributed by atoms with Gasteiger partial charge >= 0.3 is 0 Å². The van der Waals surface area contributed by atoms with E-state index >= 15 is 0 Å². The van der Waals surface area contributed by atoms with Crippen LogP contribution in [0.4, 0.5) is 5.69 Å². The third-order valence-corrected chi connectivity index (χ3v) is 8.50. The van der Waals surface area contributed by atoms with Crippen molar-refractivity contribution in [3.05, 3.63) is 166 Å². The summed E-state index contributed by atoms with van der Waals surface area (Å²) in [5.74, 6) is 0. The molecule has 1 aliphatic rings. The van der Waals surface area contributed by atoms with Crippen molar-refractivity contribution in [1.29, 1.82) is 0 Å². The smallest absolute Gasteiger partial charge is 0.255 e. The van der Waals surface area contributed by atoms with Gasteiger partial charge in [0.2, 0.25) is 0 Å². The number of thiophene rings is 1. The molecular formula is C35H30N2O3S2. The van der Waals surface area contributed by atoms with Crippen LogP contribution >= 0.6 is 11.3 Å². The van der Waals surface area contributed by atoms with E-state index in [1.54, 1.807) is 46.4 Å². The number of rotatable bonds is 5. The van der Waals surface area contributed by atoms with Crippen molar-refractivity contribution in [2.45, 2.75) is 11.8 Å². The van der Waals surface area contributed by atoms with Crippen LogP contribution < -0.4 is 10.5 Å². The molecule has 0 aliphatic carbocycles. The molecule has 0 radical (unpaired) electrons. The number of anilines is 1. The molecule has 42 heavy (non-hydrogen) atoms. The Bertz CT molecular complexity index is 1950. The number of benzene rings is 3. The summed E-state index contributed by atoms with van der Waals surface area (Å²) in [6.07, 6.45) is 9.22. The Kier molecular flexibility index (Phi) is 8.52. The Labute approximate surface area is 250 Å². The number of allylic oxidation sites excluding steroid dienone is 3. The second-order valence-corrected chi connectivity index (χ2v) is 12.7. The first kappa shape index (κ1) is 28.8. The van der Waals surface area contributed by atoms with Crippen molar-refractivity contribution in [2.75, 3.05) is 11.2 Å². The molecule has 1 aliphatic heterocycles. The van der Waals surface area contributed by atoms with E-state index in [0.29, 0.717) is 0 Å². The summed E-state index contributed by atoms with van der Waals surface area (Å²) < 4.78 is 25.0. The van der Waals surface area contributed by atoms with E-state index in [2.05, 4.69) is 58.8 Å². The van der Waals surface area contributed by atoms with E-state index in [0.717, 1.165) is 33.8 Å². The Morgan fingerprint density at radius 2 is 1.52 bits per heavy atom. The van der Waals surface area contributed by atoms with Crippen LogP contribution in [0, 0.1) is 6.92 Å². The third-order valence-electron chi connectivity index (χ3n) is 6.71. The van der Waals surface area contributed by atoms with Crippen molar-refractivity contribution in [3.8, 4) is 16.8 Å². The summed E-state index contributed by atoms with van der Waals surface area (Å²) in [5, 5.41) is 4.26. The first-order valence-corrected chi connectivity index (χ1v) is 16.1. The maximum atomic E-state index is 12.2. The average Bonchev–Trinajstić information content (AvgIpc) is 3.53. The van der Waals surface area contributed by atoms with Gasteiger partial charge in [-0.1, -0.05) is 55.1 Å². The van der Waals surface area contributed by atoms with Gasteiger partial charge in [0.05, 0.1) is 4.90 Å². The maximum Gasteiger partial charge on any atom is 0.255 e. The quantitative estimate of drug-likeness (QED) is 0.209. The molecule has 0 amide bonds. The molecule has 7 heteroatoms. The molecule has 0 unspecified atom stereocenters. The van der Waals surface area contributed by atoms with E-state index in [-0.39, 0.29) is 10.5 Å². The highest BCUT2D eigenvalue weighted by atomic mass is 32.2. The Hall–Kier alpha value is -4.72. The van der Waals surface area contributed by atoms with Gasteiger partial charge in [-0.2, -0.15) is 11.3 Å². The predicted octanol–water partition coefficient (Wildman–Crippen LogP) is 7.90. The molecule has 0 fully saturated rings. The fourth-order valence-electron chi connectivity index (χ4n) is 4.50. The zero-order valence-electron chi connectivity index (χ0n) is 23.3. The number of aromatic nitrogens is 1. The van der Waals surface area contributed by atoms with E-state index < -0.39 is 9.84 Å². The van der Waals surface area contributed by atoms with Crippen LogP contribution in [0.1, 0.15) is 11.1 Å². The van der Waals surface area contributed by atoms with Gasteiger partial charge in [0, 0.05) is 41.8 Å². The van der Waals surface area contributed by atoms with Crippen molar-refractivity contribution >= 4 is 32.4 Å². The summed E-state index contributed by atoms with van der Waals surface area (Å²) in [6, 6.07) is 30.0. The Morgan fingerprint density at radius 1 is 0.762 bits per heavy atom.